The van der Waals surface area contributed by atoms with Crippen LogP contribution in [0.25, 0.3) is 0 Å². The van der Waals surface area contributed by atoms with Gasteiger partial charge < -0.3 is 10.6 Å². The second-order valence-electron chi connectivity index (χ2n) is 4.74. The fourth-order valence-electron chi connectivity index (χ4n) is 1.71. The predicted octanol–water partition coefficient (Wildman–Crippen LogP) is 2.82. The molecule has 2 N–H and O–H groups in total. The number of rotatable bonds is 6. The molecule has 0 aliphatic heterocycles. The van der Waals surface area contributed by atoms with E-state index in [0.29, 0.717) is 12.6 Å². The summed E-state index contributed by atoms with van der Waals surface area (Å²) in [6, 6.07) is 6.12. The maximum absolute atomic E-state index is 13.1. The van der Waals surface area contributed by atoms with Crippen LogP contribution < -0.4 is 10.6 Å². The molecule has 0 heterocycles. The molecule has 1 unspecified atom stereocenters. The number of halogens is 2. The van der Waals surface area contributed by atoms with Crippen LogP contribution in [0.15, 0.2) is 22.7 Å². The first-order valence-corrected chi connectivity index (χ1v) is 6.84. The van der Waals surface area contributed by atoms with E-state index < -0.39 is 0 Å². The minimum absolute atomic E-state index is 0.195. The minimum atomic E-state index is -0.195. The summed E-state index contributed by atoms with van der Waals surface area (Å²) in [4.78, 5) is 0. The summed E-state index contributed by atoms with van der Waals surface area (Å²) in [5.74, 6) is -0.195. The molecule has 1 aromatic rings. The number of benzene rings is 1. The molecule has 1 saturated carbocycles. The van der Waals surface area contributed by atoms with E-state index in [9.17, 15) is 4.39 Å². The maximum atomic E-state index is 13.1. The van der Waals surface area contributed by atoms with Gasteiger partial charge in [0.25, 0.3) is 0 Å². The summed E-state index contributed by atoms with van der Waals surface area (Å²) in [5, 5.41) is 6.86. The van der Waals surface area contributed by atoms with Crippen molar-refractivity contribution < 1.29 is 4.39 Å². The van der Waals surface area contributed by atoms with Crippen molar-refractivity contribution in [2.24, 2.45) is 0 Å². The van der Waals surface area contributed by atoms with Crippen molar-refractivity contribution in [3.05, 3.63) is 34.1 Å². The van der Waals surface area contributed by atoms with Gasteiger partial charge in [0.15, 0.2) is 0 Å². The van der Waals surface area contributed by atoms with Crippen LogP contribution in [0, 0.1) is 5.82 Å². The average molecular weight is 301 g/mol. The van der Waals surface area contributed by atoms with Crippen molar-refractivity contribution in [2.45, 2.75) is 38.4 Å². The number of nitrogens with one attached hydrogen (secondary N) is 2. The fraction of sp³-hybridized carbons (Fsp3) is 0.538. The molecule has 0 radical (unpaired) electrons. The molecule has 0 bridgehead atoms. The molecule has 0 saturated heterocycles. The van der Waals surface area contributed by atoms with Crippen molar-refractivity contribution in [1.82, 2.24) is 10.6 Å². The lowest BCUT2D eigenvalue weighted by molar-refractivity contribution is 0.499. The number of hydrogen-bond donors (Lipinski definition) is 2. The summed E-state index contributed by atoms with van der Waals surface area (Å²) < 4.78 is 13.9. The lowest BCUT2D eigenvalue weighted by atomic mass is 10.2. The zero-order chi connectivity index (χ0) is 12.3. The Morgan fingerprint density at radius 1 is 1.41 bits per heavy atom. The highest BCUT2D eigenvalue weighted by Gasteiger charge is 2.20. The van der Waals surface area contributed by atoms with Crippen molar-refractivity contribution >= 4 is 15.9 Å². The summed E-state index contributed by atoms with van der Waals surface area (Å²) in [7, 11) is 0. The Hall–Kier alpha value is -0.450. The molecule has 1 atom stereocenters. The monoisotopic (exact) mass is 300 g/mol. The molecule has 0 spiro atoms. The molecular formula is C13H18BrFN2. The minimum Gasteiger partial charge on any atom is -0.312 e. The highest BCUT2D eigenvalue weighted by Crippen LogP contribution is 2.18. The van der Waals surface area contributed by atoms with E-state index in [1.165, 1.54) is 18.9 Å². The first-order chi connectivity index (χ1) is 8.13. The second-order valence-corrected chi connectivity index (χ2v) is 5.66. The van der Waals surface area contributed by atoms with Gasteiger partial charge in [-0.1, -0.05) is 15.9 Å². The Balaban J connectivity index is 1.75. The van der Waals surface area contributed by atoms with E-state index in [2.05, 4.69) is 33.5 Å². The van der Waals surface area contributed by atoms with Gasteiger partial charge in [-0.2, -0.15) is 0 Å². The first kappa shape index (κ1) is 13.0. The lowest BCUT2D eigenvalue weighted by Crippen LogP contribution is -2.36. The van der Waals surface area contributed by atoms with Crippen LogP contribution in [0.2, 0.25) is 0 Å². The third-order valence-electron chi connectivity index (χ3n) is 2.87. The molecule has 94 valence electrons. The third kappa shape index (κ3) is 4.74. The average Bonchev–Trinajstić information content (AvgIpc) is 3.06. The van der Waals surface area contributed by atoms with Crippen LogP contribution >= 0.6 is 15.9 Å². The van der Waals surface area contributed by atoms with Gasteiger partial charge in [-0.3, -0.25) is 0 Å². The smallest absolute Gasteiger partial charge is 0.124 e. The van der Waals surface area contributed by atoms with Crippen molar-refractivity contribution in [3.63, 3.8) is 0 Å². The Labute approximate surface area is 110 Å². The molecule has 2 rings (SSSR count). The fourth-order valence-corrected chi connectivity index (χ4v) is 2.22. The Morgan fingerprint density at radius 3 is 2.82 bits per heavy atom. The lowest BCUT2D eigenvalue weighted by Gasteiger charge is -2.14. The standard InChI is InChI=1S/C13H18BrFN2/c1-9(7-17-13-2-3-13)16-8-10-4-11(14)6-12(15)5-10/h4-6,9,13,16-17H,2-3,7-8H2,1H3. The zero-order valence-corrected chi connectivity index (χ0v) is 11.6. The number of hydrogen-bond acceptors (Lipinski definition) is 2. The molecule has 17 heavy (non-hydrogen) atoms. The summed E-state index contributed by atoms with van der Waals surface area (Å²) in [5.41, 5.74) is 0.968. The Kier molecular flexibility index (Phi) is 4.54. The summed E-state index contributed by atoms with van der Waals surface area (Å²) >= 11 is 3.30. The Bertz CT molecular complexity index is 359. The van der Waals surface area contributed by atoms with E-state index in [4.69, 9.17) is 0 Å². The maximum Gasteiger partial charge on any atom is 0.124 e. The Morgan fingerprint density at radius 2 is 2.18 bits per heavy atom. The molecule has 1 aromatic carbocycles. The molecule has 0 aromatic heterocycles. The van der Waals surface area contributed by atoms with Crippen LogP contribution in [-0.4, -0.2) is 18.6 Å². The van der Waals surface area contributed by atoms with Crippen LogP contribution in [-0.2, 0) is 6.54 Å². The van der Waals surface area contributed by atoms with Crippen LogP contribution in [0.1, 0.15) is 25.3 Å². The molecule has 1 aliphatic carbocycles. The topological polar surface area (TPSA) is 24.1 Å². The zero-order valence-electron chi connectivity index (χ0n) is 9.97. The third-order valence-corrected chi connectivity index (χ3v) is 3.32. The van der Waals surface area contributed by atoms with E-state index in [1.54, 1.807) is 6.07 Å². The van der Waals surface area contributed by atoms with E-state index in [-0.39, 0.29) is 5.82 Å². The van der Waals surface area contributed by atoms with E-state index in [1.807, 2.05) is 6.07 Å². The summed E-state index contributed by atoms with van der Waals surface area (Å²) in [6.45, 7) is 3.81. The molecule has 2 nitrogen and oxygen atoms in total. The normalized spacial score (nSPS) is 17.1. The van der Waals surface area contributed by atoms with E-state index in [0.717, 1.165) is 22.6 Å². The quantitative estimate of drug-likeness (QED) is 0.844. The molecule has 1 aliphatic rings. The van der Waals surface area contributed by atoms with Crippen LogP contribution in [0.4, 0.5) is 4.39 Å². The molecule has 0 amide bonds. The molecule has 4 heteroatoms. The molecule has 1 fully saturated rings. The van der Waals surface area contributed by atoms with E-state index >= 15 is 0 Å². The van der Waals surface area contributed by atoms with Crippen molar-refractivity contribution in [2.75, 3.05) is 6.54 Å². The van der Waals surface area contributed by atoms with Crippen molar-refractivity contribution in [1.29, 1.82) is 0 Å². The van der Waals surface area contributed by atoms with Gasteiger partial charge in [-0.25, -0.2) is 4.39 Å². The highest BCUT2D eigenvalue weighted by atomic mass is 79.9. The largest absolute Gasteiger partial charge is 0.312 e. The summed E-state index contributed by atoms with van der Waals surface area (Å²) in [6.07, 6.45) is 2.62. The van der Waals surface area contributed by atoms with Crippen molar-refractivity contribution in [3.8, 4) is 0 Å². The second kappa shape index (κ2) is 5.94. The SMILES string of the molecule is CC(CNC1CC1)NCc1cc(F)cc(Br)c1. The highest BCUT2D eigenvalue weighted by molar-refractivity contribution is 9.10. The van der Waals surface area contributed by atoms with Gasteiger partial charge in [-0.05, 0) is 43.5 Å². The van der Waals surface area contributed by atoms with Gasteiger partial charge in [-0.15, -0.1) is 0 Å². The predicted molar refractivity (Wildman–Crippen MR) is 71.4 cm³/mol. The van der Waals surface area contributed by atoms with Gasteiger partial charge in [0.05, 0.1) is 0 Å². The molecular weight excluding hydrogens is 283 g/mol. The van der Waals surface area contributed by atoms with Crippen LogP contribution in [0.5, 0.6) is 0 Å². The van der Waals surface area contributed by atoms with Gasteiger partial charge in [0.2, 0.25) is 0 Å². The van der Waals surface area contributed by atoms with Gasteiger partial charge >= 0.3 is 0 Å². The van der Waals surface area contributed by atoms with Gasteiger partial charge in [0.1, 0.15) is 5.82 Å². The first-order valence-electron chi connectivity index (χ1n) is 6.05. The van der Waals surface area contributed by atoms with Crippen LogP contribution in [0.3, 0.4) is 0 Å². The van der Waals surface area contributed by atoms with Gasteiger partial charge in [0, 0.05) is 29.6 Å².